The number of halogens is 1. The molecule has 1 aromatic rings. The molecule has 1 aliphatic heterocycles. The van der Waals surface area contributed by atoms with Gasteiger partial charge in [-0.25, -0.2) is 4.79 Å². The van der Waals surface area contributed by atoms with Gasteiger partial charge < -0.3 is 14.5 Å². The fourth-order valence-corrected chi connectivity index (χ4v) is 3.04. The Bertz CT molecular complexity index is 550. The third kappa shape index (κ3) is 5.13. The molecule has 0 radical (unpaired) electrons. The van der Waals surface area contributed by atoms with E-state index in [2.05, 4.69) is 0 Å². The highest BCUT2D eigenvalue weighted by molar-refractivity contribution is 6.27. The quantitative estimate of drug-likeness (QED) is 0.739. The van der Waals surface area contributed by atoms with Crippen LogP contribution >= 0.6 is 11.6 Å². The minimum absolute atomic E-state index is 0.0136. The molecule has 0 aliphatic carbocycles. The standard InChI is InChI=1S/C18H25ClN2O3/c1-14(2)21(12-16-8-9-20(11-16)17(22)10-19)18(23)24-13-15-6-4-3-5-7-15/h3-7,14,16H,8-13H2,1-2H3/t16-/m1/s1. The van der Waals surface area contributed by atoms with Crippen molar-refractivity contribution in [1.82, 2.24) is 9.80 Å². The van der Waals surface area contributed by atoms with Crippen LogP contribution in [-0.2, 0) is 16.1 Å². The summed E-state index contributed by atoms with van der Waals surface area (Å²) < 4.78 is 5.44. The van der Waals surface area contributed by atoms with Gasteiger partial charge in [-0.3, -0.25) is 4.79 Å². The van der Waals surface area contributed by atoms with E-state index in [0.717, 1.165) is 12.0 Å². The molecule has 1 heterocycles. The van der Waals surface area contributed by atoms with Gasteiger partial charge in [0, 0.05) is 25.7 Å². The number of amides is 2. The molecule has 0 spiro atoms. The summed E-state index contributed by atoms with van der Waals surface area (Å²) in [4.78, 5) is 27.6. The molecule has 1 aromatic carbocycles. The van der Waals surface area contributed by atoms with E-state index in [1.165, 1.54) is 0 Å². The molecule has 0 N–H and O–H groups in total. The van der Waals surface area contributed by atoms with Gasteiger partial charge in [0.2, 0.25) is 5.91 Å². The highest BCUT2D eigenvalue weighted by atomic mass is 35.5. The second-order valence-corrected chi connectivity index (χ2v) is 6.68. The Balaban J connectivity index is 1.87. The van der Waals surface area contributed by atoms with E-state index < -0.39 is 0 Å². The summed E-state index contributed by atoms with van der Waals surface area (Å²) in [5.41, 5.74) is 0.967. The molecule has 24 heavy (non-hydrogen) atoms. The summed E-state index contributed by atoms with van der Waals surface area (Å²) in [5, 5.41) is 0. The summed E-state index contributed by atoms with van der Waals surface area (Å²) in [6, 6.07) is 9.68. The summed E-state index contributed by atoms with van der Waals surface area (Å²) in [6.45, 7) is 6.17. The van der Waals surface area contributed by atoms with Crippen LogP contribution in [0.2, 0.25) is 0 Å². The average molecular weight is 353 g/mol. The van der Waals surface area contributed by atoms with Crippen LogP contribution in [0, 0.1) is 5.92 Å². The average Bonchev–Trinajstić information content (AvgIpc) is 3.06. The molecule has 1 fully saturated rings. The molecule has 0 bridgehead atoms. The Morgan fingerprint density at radius 1 is 1.33 bits per heavy atom. The number of carbonyl (C=O) groups excluding carboxylic acids is 2. The molecular formula is C18H25ClN2O3. The summed E-state index contributed by atoms with van der Waals surface area (Å²) in [5.74, 6) is 0.241. The van der Waals surface area contributed by atoms with Gasteiger partial charge in [-0.1, -0.05) is 30.3 Å². The van der Waals surface area contributed by atoms with Gasteiger partial charge in [-0.05, 0) is 31.7 Å². The first-order valence-electron chi connectivity index (χ1n) is 8.32. The number of ether oxygens (including phenoxy) is 1. The fourth-order valence-electron chi connectivity index (χ4n) is 2.87. The molecule has 1 atom stereocenters. The van der Waals surface area contributed by atoms with Crippen LogP contribution in [0.5, 0.6) is 0 Å². The van der Waals surface area contributed by atoms with Gasteiger partial charge >= 0.3 is 6.09 Å². The topological polar surface area (TPSA) is 49.9 Å². The van der Waals surface area contributed by atoms with Gasteiger partial charge in [0.1, 0.15) is 12.5 Å². The first-order chi connectivity index (χ1) is 11.5. The second-order valence-electron chi connectivity index (χ2n) is 6.41. The molecule has 0 aromatic heterocycles. The van der Waals surface area contributed by atoms with Crippen LogP contribution < -0.4 is 0 Å². The third-order valence-corrected chi connectivity index (χ3v) is 4.50. The van der Waals surface area contributed by atoms with E-state index in [1.807, 2.05) is 44.2 Å². The number of likely N-dealkylation sites (tertiary alicyclic amines) is 1. The fraction of sp³-hybridized carbons (Fsp3) is 0.556. The van der Waals surface area contributed by atoms with Crippen molar-refractivity contribution in [2.24, 2.45) is 5.92 Å². The Labute approximate surface area is 148 Å². The lowest BCUT2D eigenvalue weighted by Crippen LogP contribution is -2.41. The van der Waals surface area contributed by atoms with Crippen molar-refractivity contribution in [3.63, 3.8) is 0 Å². The molecular weight excluding hydrogens is 328 g/mol. The predicted octanol–water partition coefficient (Wildman–Crippen LogP) is 3.12. The van der Waals surface area contributed by atoms with E-state index >= 15 is 0 Å². The number of rotatable bonds is 6. The van der Waals surface area contributed by atoms with Crippen molar-refractivity contribution in [3.8, 4) is 0 Å². The minimum Gasteiger partial charge on any atom is -0.445 e. The number of hydrogen-bond acceptors (Lipinski definition) is 3. The van der Waals surface area contributed by atoms with Crippen molar-refractivity contribution in [3.05, 3.63) is 35.9 Å². The first kappa shape index (κ1) is 18.6. The molecule has 6 heteroatoms. The largest absolute Gasteiger partial charge is 0.445 e. The highest BCUT2D eigenvalue weighted by Gasteiger charge is 2.30. The van der Waals surface area contributed by atoms with Gasteiger partial charge in [0.25, 0.3) is 0 Å². The summed E-state index contributed by atoms with van der Waals surface area (Å²) in [7, 11) is 0. The Morgan fingerprint density at radius 3 is 2.67 bits per heavy atom. The van der Waals surface area contributed by atoms with Crippen molar-refractivity contribution in [2.75, 3.05) is 25.5 Å². The van der Waals surface area contributed by atoms with E-state index in [1.54, 1.807) is 9.80 Å². The van der Waals surface area contributed by atoms with Gasteiger partial charge in [-0.15, -0.1) is 11.6 Å². The molecule has 2 rings (SSSR count). The van der Waals surface area contributed by atoms with Crippen molar-refractivity contribution in [1.29, 1.82) is 0 Å². The maximum atomic E-state index is 12.4. The van der Waals surface area contributed by atoms with Crippen LogP contribution in [-0.4, -0.2) is 53.4 Å². The zero-order chi connectivity index (χ0) is 17.5. The smallest absolute Gasteiger partial charge is 0.410 e. The maximum Gasteiger partial charge on any atom is 0.410 e. The minimum atomic E-state index is -0.309. The predicted molar refractivity (Wildman–Crippen MR) is 93.9 cm³/mol. The van der Waals surface area contributed by atoms with Crippen LogP contribution in [0.15, 0.2) is 30.3 Å². The van der Waals surface area contributed by atoms with E-state index in [0.29, 0.717) is 19.6 Å². The Hall–Kier alpha value is -1.75. The van der Waals surface area contributed by atoms with E-state index in [9.17, 15) is 9.59 Å². The monoisotopic (exact) mass is 352 g/mol. The number of benzene rings is 1. The first-order valence-corrected chi connectivity index (χ1v) is 8.85. The van der Waals surface area contributed by atoms with Gasteiger partial charge in [-0.2, -0.15) is 0 Å². The van der Waals surface area contributed by atoms with Crippen LogP contribution in [0.25, 0.3) is 0 Å². The number of alkyl halides is 1. The zero-order valence-corrected chi connectivity index (χ0v) is 15.0. The SMILES string of the molecule is CC(C)N(C[C@@H]1CCN(C(=O)CCl)C1)C(=O)OCc1ccccc1. The van der Waals surface area contributed by atoms with Gasteiger partial charge in [0.15, 0.2) is 0 Å². The zero-order valence-electron chi connectivity index (χ0n) is 14.3. The second kappa shape index (κ2) is 8.92. The normalized spacial score (nSPS) is 17.2. The van der Waals surface area contributed by atoms with Crippen LogP contribution in [0.1, 0.15) is 25.8 Å². The summed E-state index contributed by atoms with van der Waals surface area (Å²) >= 11 is 5.61. The molecule has 5 nitrogen and oxygen atoms in total. The van der Waals surface area contributed by atoms with Gasteiger partial charge in [0.05, 0.1) is 0 Å². The lowest BCUT2D eigenvalue weighted by atomic mass is 10.1. The molecule has 132 valence electrons. The van der Waals surface area contributed by atoms with Crippen LogP contribution in [0.3, 0.4) is 0 Å². The van der Waals surface area contributed by atoms with Crippen molar-refractivity contribution < 1.29 is 14.3 Å². The highest BCUT2D eigenvalue weighted by Crippen LogP contribution is 2.20. The summed E-state index contributed by atoms with van der Waals surface area (Å²) in [6.07, 6.45) is 0.577. The molecule has 1 saturated heterocycles. The lowest BCUT2D eigenvalue weighted by Gasteiger charge is -2.28. The number of nitrogens with zero attached hydrogens (tertiary/aromatic N) is 2. The van der Waals surface area contributed by atoms with Crippen LogP contribution in [0.4, 0.5) is 4.79 Å². The molecule has 2 amide bonds. The molecule has 0 unspecified atom stereocenters. The lowest BCUT2D eigenvalue weighted by molar-refractivity contribution is -0.127. The van der Waals surface area contributed by atoms with E-state index in [-0.39, 0.29) is 36.4 Å². The molecule has 0 saturated carbocycles. The number of hydrogen-bond donors (Lipinski definition) is 0. The van der Waals surface area contributed by atoms with Crippen molar-refractivity contribution in [2.45, 2.75) is 32.9 Å². The Morgan fingerprint density at radius 2 is 2.04 bits per heavy atom. The number of carbonyl (C=O) groups is 2. The van der Waals surface area contributed by atoms with Crippen molar-refractivity contribution >= 4 is 23.6 Å². The van der Waals surface area contributed by atoms with E-state index in [4.69, 9.17) is 16.3 Å². The molecule has 1 aliphatic rings. The third-order valence-electron chi connectivity index (χ3n) is 4.27. The maximum absolute atomic E-state index is 12.4. The Kier molecular flexibility index (Phi) is 6.91.